The maximum Gasteiger partial charge on any atom is 0.339 e. The molecule has 8 nitrogen and oxygen atoms in total. The van der Waals surface area contributed by atoms with Gasteiger partial charge in [-0.25, -0.2) is 10.2 Å². The van der Waals surface area contributed by atoms with Gasteiger partial charge in [0.2, 0.25) is 0 Å². The van der Waals surface area contributed by atoms with E-state index in [0.717, 1.165) is 16.8 Å². The number of hydrazone groups is 1. The van der Waals surface area contributed by atoms with Gasteiger partial charge in [-0.05, 0) is 49.0 Å². The van der Waals surface area contributed by atoms with Crippen molar-refractivity contribution >= 4 is 52.5 Å². The Hall–Kier alpha value is -4.24. The van der Waals surface area contributed by atoms with Crippen LogP contribution >= 0.6 is 12.2 Å². The van der Waals surface area contributed by atoms with Crippen LogP contribution in [0.15, 0.2) is 77.9 Å². The fourth-order valence-electron chi connectivity index (χ4n) is 3.13. The largest absolute Gasteiger partial charge is 0.481 e. The highest BCUT2D eigenvalue weighted by molar-refractivity contribution is 7.80. The minimum absolute atomic E-state index is 0.167. The first-order chi connectivity index (χ1) is 16.0. The molecule has 0 aromatic heterocycles. The highest BCUT2D eigenvalue weighted by atomic mass is 32.1. The van der Waals surface area contributed by atoms with Crippen LogP contribution in [0.25, 0.3) is 0 Å². The molecule has 0 aliphatic carbocycles. The summed E-state index contributed by atoms with van der Waals surface area (Å²) < 4.78 is 5.56. The van der Waals surface area contributed by atoms with Gasteiger partial charge >= 0.3 is 6.03 Å². The molecule has 0 atom stereocenters. The molecule has 0 unspecified atom stereocenters. The number of carbonyl (C=O) groups is 2. The number of rotatable bonds is 4. The Morgan fingerprint density at radius 1 is 1.03 bits per heavy atom. The number of nitrogens with one attached hydrogen (secondary N) is 3. The molecule has 0 saturated carbocycles. The van der Waals surface area contributed by atoms with Gasteiger partial charge in [-0.3, -0.25) is 9.69 Å². The van der Waals surface area contributed by atoms with E-state index in [-0.39, 0.29) is 17.6 Å². The lowest BCUT2D eigenvalue weighted by atomic mass is 10.2. The number of aryl methyl sites for hydroxylation is 1. The van der Waals surface area contributed by atoms with Gasteiger partial charge in [-0.15, -0.1) is 0 Å². The zero-order chi connectivity index (χ0) is 23.2. The van der Waals surface area contributed by atoms with E-state index in [4.69, 9.17) is 17.0 Å². The Labute approximate surface area is 196 Å². The summed E-state index contributed by atoms with van der Waals surface area (Å²) >= 11 is 5.48. The zero-order valence-corrected chi connectivity index (χ0v) is 18.6. The third-order valence-corrected chi connectivity index (χ3v) is 5.03. The molecule has 0 bridgehead atoms. The van der Waals surface area contributed by atoms with Crippen molar-refractivity contribution in [2.45, 2.75) is 6.92 Å². The first-order valence-corrected chi connectivity index (χ1v) is 10.5. The Balaban J connectivity index is 1.43. The lowest BCUT2D eigenvalue weighted by Gasteiger charge is -2.30. The van der Waals surface area contributed by atoms with E-state index < -0.39 is 6.03 Å². The van der Waals surface area contributed by atoms with E-state index in [1.807, 2.05) is 61.5 Å². The monoisotopic (exact) mass is 459 g/mol. The average Bonchev–Trinajstić information content (AvgIpc) is 2.81. The topological polar surface area (TPSA) is 95.1 Å². The minimum atomic E-state index is -0.512. The number of thiocarbonyl (C=S) groups is 1. The summed E-state index contributed by atoms with van der Waals surface area (Å²) in [5, 5.41) is 9.92. The number of urea groups is 1. The molecule has 4 rings (SSSR count). The second-order valence-electron chi connectivity index (χ2n) is 7.23. The number of amides is 3. The summed E-state index contributed by atoms with van der Waals surface area (Å²) in [6.07, 6.45) is 1.54. The molecule has 1 heterocycles. The molecule has 3 N–H and O–H groups in total. The predicted molar refractivity (Wildman–Crippen MR) is 133 cm³/mol. The molecule has 0 spiro atoms. The maximum absolute atomic E-state index is 12.5. The number of hydrogen-bond donors (Lipinski definition) is 3. The molecule has 166 valence electrons. The van der Waals surface area contributed by atoms with Gasteiger partial charge in [-0.1, -0.05) is 48.0 Å². The third kappa shape index (κ3) is 5.52. The average molecular weight is 460 g/mol. The van der Waals surface area contributed by atoms with Crippen LogP contribution in [-0.2, 0) is 4.79 Å². The van der Waals surface area contributed by atoms with Crippen LogP contribution in [0.1, 0.15) is 11.1 Å². The molecule has 9 heteroatoms. The van der Waals surface area contributed by atoms with Crippen molar-refractivity contribution in [3.05, 3.63) is 83.9 Å². The van der Waals surface area contributed by atoms with E-state index in [1.54, 1.807) is 24.4 Å². The SMILES string of the molecule is Cc1ccc(NC(=S)N2C(=O)COc3cc(NC(=O)N/N=C/c4ccccc4)ccc32)cc1. The second kappa shape index (κ2) is 9.92. The van der Waals surface area contributed by atoms with Crippen LogP contribution in [0.5, 0.6) is 5.75 Å². The van der Waals surface area contributed by atoms with Crippen molar-refractivity contribution in [3.63, 3.8) is 0 Å². The Kier molecular flexibility index (Phi) is 6.61. The first-order valence-electron chi connectivity index (χ1n) is 10.1. The van der Waals surface area contributed by atoms with Crippen molar-refractivity contribution < 1.29 is 14.3 Å². The first kappa shape index (κ1) is 22.0. The Morgan fingerprint density at radius 3 is 2.52 bits per heavy atom. The zero-order valence-electron chi connectivity index (χ0n) is 17.7. The lowest BCUT2D eigenvalue weighted by molar-refractivity contribution is -0.120. The number of nitrogens with zero attached hydrogens (tertiary/aromatic N) is 2. The summed E-state index contributed by atoms with van der Waals surface area (Å²) in [5.41, 5.74) is 6.13. The quantitative estimate of drug-likeness (QED) is 0.308. The van der Waals surface area contributed by atoms with Crippen LogP contribution in [0, 0.1) is 6.92 Å². The van der Waals surface area contributed by atoms with E-state index in [9.17, 15) is 9.59 Å². The van der Waals surface area contributed by atoms with Gasteiger partial charge in [0, 0.05) is 17.4 Å². The summed E-state index contributed by atoms with van der Waals surface area (Å²) in [7, 11) is 0. The molecule has 0 fully saturated rings. The van der Waals surface area contributed by atoms with Gasteiger partial charge < -0.3 is 15.4 Å². The molecule has 1 aliphatic heterocycles. The smallest absolute Gasteiger partial charge is 0.339 e. The molecular formula is C24H21N5O3S. The fraction of sp³-hybridized carbons (Fsp3) is 0.0833. The maximum atomic E-state index is 12.5. The van der Waals surface area contributed by atoms with Gasteiger partial charge in [0.15, 0.2) is 11.7 Å². The fourth-order valence-corrected chi connectivity index (χ4v) is 3.45. The molecule has 0 radical (unpaired) electrons. The third-order valence-electron chi connectivity index (χ3n) is 4.74. The van der Waals surface area contributed by atoms with Crippen molar-refractivity contribution in [3.8, 4) is 5.75 Å². The molecule has 0 saturated heterocycles. The van der Waals surface area contributed by atoms with Crippen LogP contribution in [-0.4, -0.2) is 29.9 Å². The standard InChI is InChI=1S/C24H21N5O3S/c1-16-7-9-18(10-8-16)27-24(33)29-20-12-11-19(13-21(20)32-15-22(29)30)26-23(31)28-25-14-17-5-3-2-4-6-17/h2-14H,15H2,1H3,(H,27,33)(H2,26,28,31)/b25-14+. The van der Waals surface area contributed by atoms with Crippen molar-refractivity contribution in [2.75, 3.05) is 22.1 Å². The van der Waals surface area contributed by atoms with Crippen molar-refractivity contribution in [2.24, 2.45) is 5.10 Å². The Morgan fingerprint density at radius 2 is 1.76 bits per heavy atom. The summed E-state index contributed by atoms with van der Waals surface area (Å²) in [6, 6.07) is 21.5. The van der Waals surface area contributed by atoms with Crippen LogP contribution < -0.4 is 25.7 Å². The minimum Gasteiger partial charge on any atom is -0.481 e. The summed E-state index contributed by atoms with van der Waals surface area (Å²) in [6.45, 7) is 1.82. The molecule has 3 aromatic rings. The highest BCUT2D eigenvalue weighted by Gasteiger charge is 2.29. The van der Waals surface area contributed by atoms with E-state index >= 15 is 0 Å². The van der Waals surface area contributed by atoms with Gasteiger partial charge in [0.25, 0.3) is 5.91 Å². The van der Waals surface area contributed by atoms with Crippen LogP contribution in [0.3, 0.4) is 0 Å². The molecule has 3 amide bonds. The number of fused-ring (bicyclic) bond motifs is 1. The van der Waals surface area contributed by atoms with Gasteiger partial charge in [-0.2, -0.15) is 5.10 Å². The van der Waals surface area contributed by atoms with Gasteiger partial charge in [0.1, 0.15) is 5.75 Å². The molecular weight excluding hydrogens is 438 g/mol. The van der Waals surface area contributed by atoms with Crippen LogP contribution in [0.2, 0.25) is 0 Å². The van der Waals surface area contributed by atoms with E-state index in [1.165, 1.54) is 4.90 Å². The normalized spacial score (nSPS) is 12.6. The number of carbonyl (C=O) groups excluding carboxylic acids is 2. The van der Waals surface area contributed by atoms with Crippen molar-refractivity contribution in [1.29, 1.82) is 0 Å². The summed E-state index contributed by atoms with van der Waals surface area (Å²) in [5.74, 6) is 0.133. The van der Waals surface area contributed by atoms with Crippen LogP contribution in [0.4, 0.5) is 21.9 Å². The lowest BCUT2D eigenvalue weighted by Crippen LogP contribution is -2.45. The number of anilines is 3. The van der Waals surface area contributed by atoms with E-state index in [2.05, 4.69) is 21.2 Å². The molecule has 3 aromatic carbocycles. The second-order valence-corrected chi connectivity index (χ2v) is 7.62. The van der Waals surface area contributed by atoms with Crippen molar-refractivity contribution in [1.82, 2.24) is 5.43 Å². The number of hydrogen-bond acceptors (Lipinski definition) is 5. The summed E-state index contributed by atoms with van der Waals surface area (Å²) in [4.78, 5) is 26.1. The van der Waals surface area contributed by atoms with E-state index in [0.29, 0.717) is 17.1 Å². The number of ether oxygens (including phenoxy) is 1. The predicted octanol–water partition coefficient (Wildman–Crippen LogP) is 4.27. The molecule has 1 aliphatic rings. The van der Waals surface area contributed by atoms with Gasteiger partial charge in [0.05, 0.1) is 11.9 Å². The molecule has 33 heavy (non-hydrogen) atoms. The Bertz CT molecular complexity index is 1210. The number of benzene rings is 3. The highest BCUT2D eigenvalue weighted by Crippen LogP contribution is 2.35.